The summed E-state index contributed by atoms with van der Waals surface area (Å²) in [6, 6.07) is 7.55. The maximum atomic E-state index is 12.2. The zero-order valence-electron chi connectivity index (χ0n) is 11.8. The standard InChI is InChI=1S/C15H13BrN4OS/c1-2-5-12-19-20-13(17)10(14(21)18-15(20)22-12)8-9-6-3-4-7-11(9)16/h3-4,6-8,17H,2,5H2,1H3. The van der Waals surface area contributed by atoms with Crippen LogP contribution in [0.1, 0.15) is 25.3 Å². The number of hydrogen-bond acceptors (Lipinski definition) is 4. The number of carbonyl (C=O) groups excluding carboxylic acids is 1. The number of halogens is 1. The van der Waals surface area contributed by atoms with Gasteiger partial charge in [0.2, 0.25) is 5.17 Å². The number of hydrogen-bond donors (Lipinski definition) is 1. The minimum Gasteiger partial charge on any atom is -0.282 e. The van der Waals surface area contributed by atoms with Crippen LogP contribution < -0.4 is 0 Å². The van der Waals surface area contributed by atoms with Crippen molar-refractivity contribution >= 4 is 55.7 Å². The van der Waals surface area contributed by atoms with Crippen molar-refractivity contribution in [3.05, 3.63) is 39.9 Å². The van der Waals surface area contributed by atoms with Crippen LogP contribution >= 0.6 is 27.7 Å². The summed E-state index contributed by atoms with van der Waals surface area (Å²) in [5, 5.41) is 15.5. The predicted octanol–water partition coefficient (Wildman–Crippen LogP) is 3.87. The van der Waals surface area contributed by atoms with Crippen molar-refractivity contribution in [1.29, 1.82) is 5.41 Å². The van der Waals surface area contributed by atoms with E-state index in [1.54, 1.807) is 6.08 Å². The summed E-state index contributed by atoms with van der Waals surface area (Å²) in [7, 11) is 0. The SMILES string of the molecule is CCCC1=NN2C(=N)C(=Cc3ccccc3Br)C(=O)N=C2S1. The van der Waals surface area contributed by atoms with Gasteiger partial charge in [-0.2, -0.15) is 15.1 Å². The molecule has 1 aromatic carbocycles. The first kappa shape index (κ1) is 15.2. The van der Waals surface area contributed by atoms with Gasteiger partial charge < -0.3 is 0 Å². The molecule has 0 unspecified atom stereocenters. The fourth-order valence-corrected chi connectivity index (χ4v) is 3.48. The van der Waals surface area contributed by atoms with Crippen LogP contribution in [-0.2, 0) is 4.79 Å². The number of fused-ring (bicyclic) bond motifs is 1. The van der Waals surface area contributed by atoms with Crippen LogP contribution in [0.5, 0.6) is 0 Å². The van der Waals surface area contributed by atoms with Crippen LogP contribution in [0.3, 0.4) is 0 Å². The topological polar surface area (TPSA) is 68.9 Å². The lowest BCUT2D eigenvalue weighted by Gasteiger charge is -2.20. The molecule has 0 atom stereocenters. The van der Waals surface area contributed by atoms with Crippen LogP contribution in [0.4, 0.5) is 0 Å². The smallest absolute Gasteiger partial charge is 0.282 e. The number of nitrogens with one attached hydrogen (secondary N) is 1. The number of amides is 1. The molecule has 5 nitrogen and oxygen atoms in total. The number of hydrazone groups is 1. The monoisotopic (exact) mass is 376 g/mol. The first-order valence-corrected chi connectivity index (χ1v) is 8.44. The van der Waals surface area contributed by atoms with E-state index in [1.165, 1.54) is 16.8 Å². The zero-order valence-corrected chi connectivity index (χ0v) is 14.2. The Balaban J connectivity index is 1.97. The Kier molecular flexibility index (Phi) is 4.26. The minimum absolute atomic E-state index is 0.0735. The molecular weight excluding hydrogens is 364 g/mol. The largest absolute Gasteiger partial charge is 0.283 e. The van der Waals surface area contributed by atoms with E-state index in [4.69, 9.17) is 5.41 Å². The van der Waals surface area contributed by atoms with Crippen molar-refractivity contribution in [2.24, 2.45) is 10.1 Å². The molecule has 0 aliphatic carbocycles. The molecule has 0 aromatic heterocycles. The van der Waals surface area contributed by atoms with E-state index in [9.17, 15) is 4.79 Å². The quantitative estimate of drug-likeness (QED) is 0.813. The second kappa shape index (κ2) is 6.18. The van der Waals surface area contributed by atoms with Gasteiger partial charge in [0.1, 0.15) is 5.04 Å². The summed E-state index contributed by atoms with van der Waals surface area (Å²) in [5.41, 5.74) is 1.08. The normalized spacial score (nSPS) is 19.4. The second-order valence-electron chi connectivity index (χ2n) is 4.79. The van der Waals surface area contributed by atoms with E-state index < -0.39 is 5.91 Å². The summed E-state index contributed by atoms with van der Waals surface area (Å²) < 4.78 is 0.865. The van der Waals surface area contributed by atoms with Gasteiger partial charge in [-0.15, -0.1) is 0 Å². The first-order chi connectivity index (χ1) is 10.6. The Morgan fingerprint density at radius 2 is 2.18 bits per heavy atom. The van der Waals surface area contributed by atoms with Gasteiger partial charge in [-0.05, 0) is 42.3 Å². The Morgan fingerprint density at radius 1 is 1.41 bits per heavy atom. The van der Waals surface area contributed by atoms with Crippen molar-refractivity contribution in [2.45, 2.75) is 19.8 Å². The molecule has 2 aliphatic heterocycles. The molecule has 7 heteroatoms. The molecule has 1 amide bonds. The Hall–Kier alpha value is -1.73. The molecule has 0 saturated carbocycles. The third kappa shape index (κ3) is 2.78. The number of nitrogens with zero attached hydrogens (tertiary/aromatic N) is 3. The summed E-state index contributed by atoms with van der Waals surface area (Å²) in [6.45, 7) is 2.07. The highest BCUT2D eigenvalue weighted by Crippen LogP contribution is 2.30. The lowest BCUT2D eigenvalue weighted by Crippen LogP contribution is -2.35. The van der Waals surface area contributed by atoms with E-state index in [-0.39, 0.29) is 11.4 Å². The molecule has 0 spiro atoms. The summed E-state index contributed by atoms with van der Waals surface area (Å²) in [6.07, 6.45) is 3.46. The van der Waals surface area contributed by atoms with E-state index >= 15 is 0 Å². The van der Waals surface area contributed by atoms with Gasteiger partial charge in [0.05, 0.1) is 5.57 Å². The van der Waals surface area contributed by atoms with Crippen LogP contribution in [0, 0.1) is 5.41 Å². The van der Waals surface area contributed by atoms with Gasteiger partial charge in [-0.1, -0.05) is 41.1 Å². The third-order valence-corrected chi connectivity index (χ3v) is 4.86. The number of carbonyl (C=O) groups is 1. The van der Waals surface area contributed by atoms with Crippen LogP contribution in [0.15, 0.2) is 44.4 Å². The molecule has 112 valence electrons. The molecule has 3 rings (SSSR count). The lowest BCUT2D eigenvalue weighted by molar-refractivity contribution is -0.114. The maximum Gasteiger partial charge on any atom is 0.283 e. The second-order valence-corrected chi connectivity index (χ2v) is 6.68. The van der Waals surface area contributed by atoms with Gasteiger partial charge in [0, 0.05) is 4.47 Å². The molecule has 22 heavy (non-hydrogen) atoms. The molecule has 1 N–H and O–H groups in total. The molecule has 0 bridgehead atoms. The summed E-state index contributed by atoms with van der Waals surface area (Å²) in [4.78, 5) is 16.3. The average Bonchev–Trinajstić information content (AvgIpc) is 2.88. The van der Waals surface area contributed by atoms with Crippen molar-refractivity contribution < 1.29 is 4.79 Å². The van der Waals surface area contributed by atoms with Gasteiger partial charge in [-0.25, -0.2) is 0 Å². The van der Waals surface area contributed by atoms with Gasteiger partial charge >= 0.3 is 0 Å². The zero-order chi connectivity index (χ0) is 15.7. The Bertz CT molecular complexity index is 754. The average molecular weight is 377 g/mol. The van der Waals surface area contributed by atoms with Gasteiger partial charge in [-0.3, -0.25) is 10.2 Å². The lowest BCUT2D eigenvalue weighted by atomic mass is 10.1. The molecule has 2 aliphatic rings. The molecule has 0 saturated heterocycles. The highest BCUT2D eigenvalue weighted by Gasteiger charge is 2.35. The molecule has 0 radical (unpaired) electrons. The molecule has 0 fully saturated rings. The van der Waals surface area contributed by atoms with Crippen molar-refractivity contribution in [3.8, 4) is 0 Å². The van der Waals surface area contributed by atoms with Crippen molar-refractivity contribution in [2.75, 3.05) is 0 Å². The number of thioether (sulfide) groups is 1. The predicted molar refractivity (Wildman–Crippen MR) is 94.1 cm³/mol. The number of amidine groups is 2. The highest BCUT2D eigenvalue weighted by atomic mass is 79.9. The highest BCUT2D eigenvalue weighted by molar-refractivity contribution is 9.10. The van der Waals surface area contributed by atoms with Crippen LogP contribution in [-0.4, -0.2) is 27.0 Å². The van der Waals surface area contributed by atoms with E-state index in [2.05, 4.69) is 32.9 Å². The number of rotatable bonds is 3. The van der Waals surface area contributed by atoms with E-state index in [0.29, 0.717) is 5.17 Å². The van der Waals surface area contributed by atoms with Crippen LogP contribution in [0.2, 0.25) is 0 Å². The summed E-state index contributed by atoms with van der Waals surface area (Å²) >= 11 is 4.81. The molecular formula is C15H13BrN4OS. The van der Waals surface area contributed by atoms with Crippen molar-refractivity contribution in [3.63, 3.8) is 0 Å². The third-order valence-electron chi connectivity index (χ3n) is 3.17. The minimum atomic E-state index is -0.396. The summed E-state index contributed by atoms with van der Waals surface area (Å²) in [5.74, 6) is -0.322. The fourth-order valence-electron chi connectivity index (χ4n) is 2.09. The number of benzene rings is 1. The number of aliphatic imine (C=N–C) groups is 1. The Morgan fingerprint density at radius 3 is 2.91 bits per heavy atom. The van der Waals surface area contributed by atoms with E-state index in [1.807, 2.05) is 24.3 Å². The fraction of sp³-hybridized carbons (Fsp3) is 0.200. The van der Waals surface area contributed by atoms with Gasteiger partial charge in [0.15, 0.2) is 5.84 Å². The van der Waals surface area contributed by atoms with E-state index in [0.717, 1.165) is 27.9 Å². The Labute approximate surface area is 140 Å². The van der Waals surface area contributed by atoms with Crippen molar-refractivity contribution in [1.82, 2.24) is 5.01 Å². The van der Waals surface area contributed by atoms with Crippen LogP contribution in [0.25, 0.3) is 6.08 Å². The molecule has 1 aromatic rings. The first-order valence-electron chi connectivity index (χ1n) is 6.83. The molecule has 2 heterocycles. The van der Waals surface area contributed by atoms with Gasteiger partial charge in [0.25, 0.3) is 5.91 Å². The maximum absolute atomic E-state index is 12.2.